The number of rotatable bonds is 1. The first-order chi connectivity index (χ1) is 8.49. The summed E-state index contributed by atoms with van der Waals surface area (Å²) in [5.41, 5.74) is 12.2. The van der Waals surface area contributed by atoms with Crippen molar-refractivity contribution in [3.8, 4) is 0 Å². The largest absolute Gasteiger partial charge is 0.383 e. The van der Waals surface area contributed by atoms with E-state index in [1.165, 1.54) is 6.20 Å². The van der Waals surface area contributed by atoms with Crippen LogP contribution < -0.4 is 11.5 Å². The quantitative estimate of drug-likeness (QED) is 0.724. The van der Waals surface area contributed by atoms with Crippen molar-refractivity contribution in [1.82, 2.24) is 14.9 Å². The maximum Gasteiger partial charge on any atom is 0.259 e. The normalized spacial score (nSPS) is 29.9. The number of nitrogens with two attached hydrogens (primary N) is 2. The van der Waals surface area contributed by atoms with Gasteiger partial charge in [-0.2, -0.15) is 0 Å². The average Bonchev–Trinajstić information content (AvgIpc) is 2.53. The fourth-order valence-electron chi connectivity index (χ4n) is 2.86. The van der Waals surface area contributed by atoms with Crippen LogP contribution in [-0.2, 0) is 0 Å². The topological polar surface area (TPSA) is 98.1 Å². The smallest absolute Gasteiger partial charge is 0.259 e. The summed E-state index contributed by atoms with van der Waals surface area (Å²) in [7, 11) is 0. The third-order valence-electron chi connectivity index (χ3n) is 4.15. The van der Waals surface area contributed by atoms with E-state index >= 15 is 0 Å². The SMILES string of the molecule is Cc1ncc(C(=O)N2C[C@@H]3CC[C@]3(N)C2)c(N)n1. The van der Waals surface area contributed by atoms with Crippen LogP contribution in [0.3, 0.4) is 0 Å². The van der Waals surface area contributed by atoms with E-state index < -0.39 is 0 Å². The molecule has 3 rings (SSSR count). The van der Waals surface area contributed by atoms with Crippen LogP contribution in [0.5, 0.6) is 0 Å². The predicted octanol–water partition coefficient (Wildman–Crippen LogP) is -0.0695. The Morgan fingerprint density at radius 2 is 2.39 bits per heavy atom. The molecule has 1 aliphatic carbocycles. The standard InChI is InChI=1S/C12H17N5O/c1-7-15-4-9(10(13)16-7)11(18)17-5-8-2-3-12(8,14)6-17/h4,8H,2-3,5-6,14H2,1H3,(H2,13,15,16)/t8-,12-/m0/s1. The lowest BCUT2D eigenvalue weighted by molar-refractivity contribution is 0.0785. The summed E-state index contributed by atoms with van der Waals surface area (Å²) in [6.07, 6.45) is 3.62. The summed E-state index contributed by atoms with van der Waals surface area (Å²) in [6.45, 7) is 3.09. The van der Waals surface area contributed by atoms with Crippen LogP contribution in [0.15, 0.2) is 6.20 Å². The van der Waals surface area contributed by atoms with Crippen LogP contribution in [0, 0.1) is 12.8 Å². The third-order valence-corrected chi connectivity index (χ3v) is 4.15. The lowest BCUT2D eigenvalue weighted by Crippen LogP contribution is -2.54. The van der Waals surface area contributed by atoms with Crippen molar-refractivity contribution >= 4 is 11.7 Å². The number of carbonyl (C=O) groups excluding carboxylic acids is 1. The van der Waals surface area contributed by atoms with Gasteiger partial charge in [0.2, 0.25) is 0 Å². The van der Waals surface area contributed by atoms with Crippen molar-refractivity contribution in [3.63, 3.8) is 0 Å². The van der Waals surface area contributed by atoms with Crippen LogP contribution in [-0.4, -0.2) is 39.4 Å². The molecule has 1 aliphatic heterocycles. The molecule has 96 valence electrons. The molecular formula is C12H17N5O. The molecule has 6 nitrogen and oxygen atoms in total. The minimum absolute atomic E-state index is 0.105. The summed E-state index contributed by atoms with van der Waals surface area (Å²) in [5, 5.41) is 0. The van der Waals surface area contributed by atoms with E-state index in [-0.39, 0.29) is 17.3 Å². The van der Waals surface area contributed by atoms with Gasteiger partial charge >= 0.3 is 0 Å². The Labute approximate surface area is 105 Å². The van der Waals surface area contributed by atoms with E-state index in [0.717, 1.165) is 19.4 Å². The molecule has 2 heterocycles. The number of aromatic nitrogens is 2. The lowest BCUT2D eigenvalue weighted by atomic mass is 9.70. The summed E-state index contributed by atoms with van der Waals surface area (Å²) < 4.78 is 0. The van der Waals surface area contributed by atoms with Gasteiger partial charge in [0.05, 0.1) is 0 Å². The van der Waals surface area contributed by atoms with Crippen LogP contribution in [0.4, 0.5) is 5.82 Å². The number of fused-ring (bicyclic) bond motifs is 1. The molecule has 1 aromatic heterocycles. The minimum atomic E-state index is -0.171. The highest BCUT2D eigenvalue weighted by molar-refractivity contribution is 5.98. The second kappa shape index (κ2) is 3.65. The summed E-state index contributed by atoms with van der Waals surface area (Å²) in [4.78, 5) is 22.2. The minimum Gasteiger partial charge on any atom is -0.383 e. The first-order valence-corrected chi connectivity index (χ1v) is 6.17. The van der Waals surface area contributed by atoms with Gasteiger partial charge in [0.15, 0.2) is 0 Å². The van der Waals surface area contributed by atoms with Gasteiger partial charge in [-0.3, -0.25) is 4.79 Å². The number of likely N-dealkylation sites (tertiary alicyclic amines) is 1. The Balaban J connectivity index is 1.83. The molecule has 2 aliphatic rings. The van der Waals surface area contributed by atoms with Crippen LogP contribution in [0.1, 0.15) is 29.0 Å². The predicted molar refractivity (Wildman–Crippen MR) is 66.7 cm³/mol. The second-order valence-corrected chi connectivity index (χ2v) is 5.37. The molecule has 6 heteroatoms. The Bertz CT molecular complexity index is 517. The number of hydrogen-bond acceptors (Lipinski definition) is 5. The average molecular weight is 247 g/mol. The zero-order valence-electron chi connectivity index (χ0n) is 10.4. The van der Waals surface area contributed by atoms with Gasteiger partial charge in [0.25, 0.3) is 5.91 Å². The summed E-state index contributed by atoms with van der Waals surface area (Å²) in [6, 6.07) is 0. The zero-order valence-corrected chi connectivity index (χ0v) is 10.4. The van der Waals surface area contributed by atoms with Gasteiger partial charge in [-0.1, -0.05) is 0 Å². The van der Waals surface area contributed by atoms with E-state index in [4.69, 9.17) is 11.5 Å². The molecule has 1 saturated carbocycles. The number of amides is 1. The molecule has 0 radical (unpaired) electrons. The number of aryl methyl sites for hydroxylation is 1. The van der Waals surface area contributed by atoms with Crippen molar-refractivity contribution in [2.75, 3.05) is 18.8 Å². The number of nitrogen functional groups attached to an aromatic ring is 1. The number of nitrogens with zero attached hydrogens (tertiary/aromatic N) is 3. The monoisotopic (exact) mass is 247 g/mol. The molecule has 18 heavy (non-hydrogen) atoms. The van der Waals surface area contributed by atoms with Gasteiger partial charge in [-0.25, -0.2) is 9.97 Å². The van der Waals surface area contributed by atoms with Gasteiger partial charge in [-0.15, -0.1) is 0 Å². The van der Waals surface area contributed by atoms with Crippen molar-refractivity contribution in [2.45, 2.75) is 25.3 Å². The molecular weight excluding hydrogens is 230 g/mol. The molecule has 1 amide bonds. The van der Waals surface area contributed by atoms with E-state index in [2.05, 4.69) is 9.97 Å². The van der Waals surface area contributed by atoms with E-state index in [9.17, 15) is 4.79 Å². The Hall–Kier alpha value is -1.69. The molecule has 4 N–H and O–H groups in total. The summed E-state index contributed by atoms with van der Waals surface area (Å²) >= 11 is 0. The van der Waals surface area contributed by atoms with Crippen LogP contribution in [0.2, 0.25) is 0 Å². The highest BCUT2D eigenvalue weighted by Gasteiger charge is 2.51. The molecule has 0 bridgehead atoms. The summed E-state index contributed by atoms with van der Waals surface area (Å²) in [5.74, 6) is 1.15. The molecule has 0 spiro atoms. The molecule has 1 saturated heterocycles. The maximum atomic E-state index is 12.4. The van der Waals surface area contributed by atoms with E-state index in [1.807, 2.05) is 0 Å². The Kier molecular flexibility index (Phi) is 2.31. The van der Waals surface area contributed by atoms with E-state index in [0.29, 0.717) is 23.9 Å². The fraction of sp³-hybridized carbons (Fsp3) is 0.583. The van der Waals surface area contributed by atoms with Gasteiger partial charge < -0.3 is 16.4 Å². The highest BCUT2D eigenvalue weighted by Crippen LogP contribution is 2.42. The van der Waals surface area contributed by atoms with Crippen molar-refractivity contribution < 1.29 is 4.79 Å². The van der Waals surface area contributed by atoms with E-state index in [1.54, 1.807) is 11.8 Å². The van der Waals surface area contributed by atoms with Crippen LogP contribution in [0.25, 0.3) is 0 Å². The first-order valence-electron chi connectivity index (χ1n) is 6.17. The van der Waals surface area contributed by atoms with Gasteiger partial charge in [0, 0.05) is 24.8 Å². The van der Waals surface area contributed by atoms with Crippen molar-refractivity contribution in [2.24, 2.45) is 11.7 Å². The Morgan fingerprint density at radius 3 is 2.89 bits per heavy atom. The number of carbonyl (C=O) groups is 1. The van der Waals surface area contributed by atoms with Crippen molar-refractivity contribution in [1.29, 1.82) is 0 Å². The maximum absolute atomic E-state index is 12.4. The zero-order chi connectivity index (χ0) is 12.9. The molecule has 0 unspecified atom stereocenters. The second-order valence-electron chi connectivity index (χ2n) is 5.37. The Morgan fingerprint density at radius 1 is 1.61 bits per heavy atom. The number of anilines is 1. The molecule has 2 atom stereocenters. The lowest BCUT2D eigenvalue weighted by Gasteiger charge is -2.39. The number of hydrogen-bond donors (Lipinski definition) is 2. The molecule has 2 fully saturated rings. The highest BCUT2D eigenvalue weighted by atomic mass is 16.2. The first kappa shape index (κ1) is 11.4. The third kappa shape index (κ3) is 1.56. The van der Waals surface area contributed by atoms with Gasteiger partial charge in [0.1, 0.15) is 17.2 Å². The van der Waals surface area contributed by atoms with Crippen molar-refractivity contribution in [3.05, 3.63) is 17.6 Å². The molecule has 1 aromatic rings. The van der Waals surface area contributed by atoms with Crippen LogP contribution >= 0.6 is 0 Å². The van der Waals surface area contributed by atoms with Gasteiger partial charge in [-0.05, 0) is 25.7 Å². The fourth-order valence-corrected chi connectivity index (χ4v) is 2.86. The molecule has 0 aromatic carbocycles.